The number of rotatable bonds is 27. The highest BCUT2D eigenvalue weighted by Gasteiger charge is 1.95. The van der Waals surface area contributed by atoms with Gasteiger partial charge in [0, 0.05) is 0 Å². The average Bonchev–Trinajstić information content (AvgIpc) is 2.78. The lowest BCUT2D eigenvalue weighted by atomic mass is 10.0. The van der Waals surface area contributed by atoms with Gasteiger partial charge in [0.05, 0.1) is 0 Å². The summed E-state index contributed by atoms with van der Waals surface area (Å²) in [5, 5.41) is 0. The van der Waals surface area contributed by atoms with Crippen molar-refractivity contribution < 1.29 is 0 Å². The zero-order chi connectivity index (χ0) is 22.5. The second kappa shape index (κ2) is 29.7. The molecule has 0 saturated carbocycles. The summed E-state index contributed by atoms with van der Waals surface area (Å²) in [6.07, 6.45) is 43.9. The summed E-state index contributed by atoms with van der Waals surface area (Å²) in [6.45, 7) is 4.60. The third kappa shape index (κ3) is 29.7. The van der Waals surface area contributed by atoms with Gasteiger partial charge in [0.15, 0.2) is 0 Å². The molecule has 0 aromatic rings. The van der Waals surface area contributed by atoms with Gasteiger partial charge in [0.25, 0.3) is 0 Å². The Bertz CT molecular complexity index is 316. The van der Waals surface area contributed by atoms with Gasteiger partial charge in [0.1, 0.15) is 0 Å². The van der Waals surface area contributed by atoms with E-state index in [0.717, 1.165) is 0 Å². The van der Waals surface area contributed by atoms with E-state index in [9.17, 15) is 0 Å². The highest BCUT2D eigenvalue weighted by Crippen LogP contribution is 2.15. The molecule has 0 N–H and O–H groups in total. The van der Waals surface area contributed by atoms with Crippen molar-refractivity contribution in [2.75, 3.05) is 0 Å². The van der Waals surface area contributed by atoms with Crippen LogP contribution in [0.2, 0.25) is 0 Å². The molecule has 0 spiro atoms. The van der Waals surface area contributed by atoms with E-state index in [1.54, 1.807) is 0 Å². The van der Waals surface area contributed by atoms with Crippen LogP contribution in [0.3, 0.4) is 0 Å². The summed E-state index contributed by atoms with van der Waals surface area (Å²) >= 11 is 0. The highest BCUT2D eigenvalue weighted by atomic mass is 14.0. The van der Waals surface area contributed by atoms with E-state index in [0.29, 0.717) is 0 Å². The van der Waals surface area contributed by atoms with Gasteiger partial charge in [-0.25, -0.2) is 0 Å². The van der Waals surface area contributed by atoms with Gasteiger partial charge >= 0.3 is 0 Å². The van der Waals surface area contributed by atoms with Crippen molar-refractivity contribution in [3.8, 4) is 0 Å². The first-order chi connectivity index (χ1) is 15.4. The summed E-state index contributed by atoms with van der Waals surface area (Å²) in [4.78, 5) is 0. The zero-order valence-electron chi connectivity index (χ0n) is 22.2. The molecule has 0 aromatic carbocycles. The Morgan fingerprint density at radius 3 is 0.677 bits per heavy atom. The van der Waals surface area contributed by atoms with Crippen molar-refractivity contribution in [3.05, 3.63) is 12.2 Å². The van der Waals surface area contributed by atoms with Crippen LogP contribution in [0.5, 0.6) is 0 Å². The molecule has 0 fully saturated rings. The van der Waals surface area contributed by atoms with Crippen molar-refractivity contribution in [1.29, 1.82) is 0 Å². The SMILES string of the molecule is CCCCCCCC/C=C/CCCCCCCCCCCCCCCCCCCCC. The second-order valence-electron chi connectivity index (χ2n) is 10.2. The third-order valence-electron chi connectivity index (χ3n) is 6.87. The molecule has 0 saturated heterocycles. The molecular weight excluding hydrogens is 372 g/mol. The van der Waals surface area contributed by atoms with E-state index in [1.165, 1.54) is 173 Å². The summed E-state index contributed by atoms with van der Waals surface area (Å²) in [6, 6.07) is 0. The molecule has 0 nitrogen and oxygen atoms in total. The first kappa shape index (κ1) is 30.7. The smallest absolute Gasteiger partial charge is 0.0351 e. The van der Waals surface area contributed by atoms with E-state index < -0.39 is 0 Å². The first-order valence-electron chi connectivity index (χ1n) is 15.1. The van der Waals surface area contributed by atoms with Gasteiger partial charge in [-0.15, -0.1) is 0 Å². The molecule has 0 bridgehead atoms. The lowest BCUT2D eigenvalue weighted by molar-refractivity contribution is 0.523. The maximum atomic E-state index is 2.44. The molecule has 0 aliphatic heterocycles. The molecule has 0 aliphatic carbocycles. The normalized spacial score (nSPS) is 11.7. The zero-order valence-corrected chi connectivity index (χ0v) is 22.2. The van der Waals surface area contributed by atoms with Crippen LogP contribution in [0.1, 0.15) is 187 Å². The molecule has 0 amide bonds. The highest BCUT2D eigenvalue weighted by molar-refractivity contribution is 4.81. The Morgan fingerprint density at radius 2 is 0.452 bits per heavy atom. The number of hydrogen-bond donors (Lipinski definition) is 0. The number of allylic oxidation sites excluding steroid dienone is 2. The van der Waals surface area contributed by atoms with Crippen LogP contribution in [0.25, 0.3) is 0 Å². The maximum Gasteiger partial charge on any atom is -0.0351 e. The van der Waals surface area contributed by atoms with Crippen molar-refractivity contribution in [2.45, 2.75) is 187 Å². The molecule has 0 atom stereocenters. The van der Waals surface area contributed by atoms with Gasteiger partial charge in [-0.1, -0.05) is 174 Å². The predicted octanol–water partition coefficient (Wildman–Crippen LogP) is 12.1. The lowest BCUT2D eigenvalue weighted by Crippen LogP contribution is -1.84. The molecule has 0 aliphatic rings. The second-order valence-corrected chi connectivity index (χ2v) is 10.2. The standard InChI is InChI=1S/C31H62/c1-3-5-7-9-11-13-15-17-19-21-23-25-27-29-31-30-28-26-24-22-20-18-16-14-12-10-8-6-4-2/h17,19H,3-16,18,20-31H2,1-2H3/b19-17+. The molecular formula is C31H62. The molecule has 0 heterocycles. The third-order valence-corrected chi connectivity index (χ3v) is 6.87. The molecule has 186 valence electrons. The Labute approximate surface area is 199 Å². The van der Waals surface area contributed by atoms with Crippen molar-refractivity contribution in [3.63, 3.8) is 0 Å². The van der Waals surface area contributed by atoms with Crippen molar-refractivity contribution in [1.82, 2.24) is 0 Å². The van der Waals surface area contributed by atoms with Gasteiger partial charge in [-0.05, 0) is 25.7 Å². The lowest BCUT2D eigenvalue weighted by Gasteiger charge is -2.04. The molecule has 0 radical (unpaired) electrons. The Balaban J connectivity index is 3.04. The van der Waals surface area contributed by atoms with Gasteiger partial charge in [-0.2, -0.15) is 0 Å². The average molecular weight is 435 g/mol. The van der Waals surface area contributed by atoms with Crippen molar-refractivity contribution >= 4 is 0 Å². The minimum Gasteiger partial charge on any atom is -0.0885 e. The van der Waals surface area contributed by atoms with Crippen LogP contribution in [-0.4, -0.2) is 0 Å². The number of unbranched alkanes of at least 4 members (excludes halogenated alkanes) is 25. The molecule has 0 rings (SSSR count). The minimum absolute atomic E-state index is 1.31. The van der Waals surface area contributed by atoms with Gasteiger partial charge < -0.3 is 0 Å². The fraction of sp³-hybridized carbons (Fsp3) is 0.935. The summed E-state index contributed by atoms with van der Waals surface area (Å²) < 4.78 is 0. The van der Waals surface area contributed by atoms with E-state index in [4.69, 9.17) is 0 Å². The quantitative estimate of drug-likeness (QED) is 0.0890. The Hall–Kier alpha value is -0.260. The molecule has 0 heteroatoms. The van der Waals surface area contributed by atoms with E-state index in [2.05, 4.69) is 26.0 Å². The van der Waals surface area contributed by atoms with Crippen LogP contribution in [0.15, 0.2) is 12.2 Å². The Kier molecular flexibility index (Phi) is 29.5. The van der Waals surface area contributed by atoms with E-state index in [1.807, 2.05) is 0 Å². The Morgan fingerprint density at radius 1 is 0.258 bits per heavy atom. The van der Waals surface area contributed by atoms with Crippen LogP contribution in [-0.2, 0) is 0 Å². The summed E-state index contributed by atoms with van der Waals surface area (Å²) in [5.41, 5.74) is 0. The molecule has 31 heavy (non-hydrogen) atoms. The monoisotopic (exact) mass is 434 g/mol. The summed E-state index contributed by atoms with van der Waals surface area (Å²) in [7, 11) is 0. The summed E-state index contributed by atoms with van der Waals surface area (Å²) in [5.74, 6) is 0. The van der Waals surface area contributed by atoms with Crippen LogP contribution in [0.4, 0.5) is 0 Å². The topological polar surface area (TPSA) is 0 Å². The van der Waals surface area contributed by atoms with E-state index >= 15 is 0 Å². The molecule has 0 unspecified atom stereocenters. The largest absolute Gasteiger partial charge is 0.0885 e. The van der Waals surface area contributed by atoms with Crippen LogP contribution < -0.4 is 0 Å². The van der Waals surface area contributed by atoms with E-state index in [-0.39, 0.29) is 0 Å². The minimum atomic E-state index is 1.31. The fourth-order valence-corrected chi connectivity index (χ4v) is 4.62. The molecule has 0 aromatic heterocycles. The predicted molar refractivity (Wildman–Crippen MR) is 145 cm³/mol. The van der Waals surface area contributed by atoms with Gasteiger partial charge in [-0.3, -0.25) is 0 Å². The number of hydrogen-bond acceptors (Lipinski definition) is 0. The van der Waals surface area contributed by atoms with Gasteiger partial charge in [0.2, 0.25) is 0 Å². The van der Waals surface area contributed by atoms with Crippen molar-refractivity contribution in [2.24, 2.45) is 0 Å². The van der Waals surface area contributed by atoms with Crippen LogP contribution >= 0.6 is 0 Å². The van der Waals surface area contributed by atoms with Crippen LogP contribution in [0, 0.1) is 0 Å². The first-order valence-corrected chi connectivity index (χ1v) is 15.1. The fourth-order valence-electron chi connectivity index (χ4n) is 4.62. The maximum absolute atomic E-state index is 2.44.